The molecule has 0 radical (unpaired) electrons. The summed E-state index contributed by atoms with van der Waals surface area (Å²) in [5.41, 5.74) is 5.42. The van der Waals surface area contributed by atoms with Crippen molar-refractivity contribution in [3.8, 4) is 11.5 Å². The first-order valence-corrected chi connectivity index (χ1v) is 10.4. The van der Waals surface area contributed by atoms with Gasteiger partial charge < -0.3 is 14.9 Å². The topological polar surface area (TPSA) is 64.1 Å². The Bertz CT molecular complexity index is 985. The van der Waals surface area contributed by atoms with E-state index in [2.05, 4.69) is 22.5 Å². The fraction of sp³-hybridized carbons (Fsp3) is 0.333. The van der Waals surface area contributed by atoms with E-state index in [0.29, 0.717) is 41.1 Å². The molecule has 8 heteroatoms. The molecule has 0 amide bonds. The molecule has 29 heavy (non-hydrogen) atoms. The van der Waals surface area contributed by atoms with E-state index in [1.54, 1.807) is 0 Å². The predicted molar refractivity (Wildman–Crippen MR) is 118 cm³/mol. The van der Waals surface area contributed by atoms with Crippen molar-refractivity contribution in [1.82, 2.24) is 14.9 Å². The summed E-state index contributed by atoms with van der Waals surface area (Å²) in [5, 5.41) is 7.81. The minimum absolute atomic E-state index is 0.444. The van der Waals surface area contributed by atoms with E-state index in [1.807, 2.05) is 54.1 Å². The van der Waals surface area contributed by atoms with Crippen molar-refractivity contribution in [2.75, 3.05) is 12.0 Å². The van der Waals surface area contributed by atoms with Crippen LogP contribution in [0.1, 0.15) is 37.2 Å². The minimum Gasteiger partial charge on any atom is -0.490 e. The van der Waals surface area contributed by atoms with Crippen molar-refractivity contribution in [2.24, 2.45) is 0 Å². The number of H-pyrrole nitrogens is 1. The van der Waals surface area contributed by atoms with E-state index < -0.39 is 0 Å². The van der Waals surface area contributed by atoms with Crippen LogP contribution < -0.4 is 14.9 Å². The molecule has 1 heterocycles. The molecule has 0 aliphatic heterocycles. The van der Waals surface area contributed by atoms with Gasteiger partial charge >= 0.3 is 0 Å². The number of hydrogen-bond donors (Lipinski definition) is 2. The molecule has 0 unspecified atom stereocenters. The van der Waals surface area contributed by atoms with Gasteiger partial charge in [0.2, 0.25) is 4.77 Å². The quantitative estimate of drug-likeness (QED) is 0.427. The number of rotatable bonds is 10. The van der Waals surface area contributed by atoms with Gasteiger partial charge in [0.25, 0.3) is 0 Å². The SMILES string of the molecule is CCCc1n[nH]c(=S)n1NCc1ccc(OCc2ccc(Cl)cc2)c(OCC)c1. The molecule has 0 atom stereocenters. The summed E-state index contributed by atoms with van der Waals surface area (Å²) in [6, 6.07) is 13.5. The van der Waals surface area contributed by atoms with Crippen LogP contribution in [0.3, 0.4) is 0 Å². The maximum Gasteiger partial charge on any atom is 0.214 e. The molecule has 2 aromatic carbocycles. The smallest absolute Gasteiger partial charge is 0.214 e. The van der Waals surface area contributed by atoms with Gasteiger partial charge in [-0.05, 0) is 61.0 Å². The van der Waals surface area contributed by atoms with E-state index in [4.69, 9.17) is 33.3 Å². The van der Waals surface area contributed by atoms with Crippen molar-refractivity contribution in [1.29, 1.82) is 0 Å². The lowest BCUT2D eigenvalue weighted by molar-refractivity contribution is 0.269. The summed E-state index contributed by atoms with van der Waals surface area (Å²) in [6.45, 7) is 5.65. The van der Waals surface area contributed by atoms with Crippen LogP contribution in [0.25, 0.3) is 0 Å². The van der Waals surface area contributed by atoms with E-state index in [1.165, 1.54) is 0 Å². The Kier molecular flexibility index (Phi) is 7.55. The summed E-state index contributed by atoms with van der Waals surface area (Å²) < 4.78 is 14.1. The fourth-order valence-corrected chi connectivity index (χ4v) is 3.19. The molecule has 154 valence electrons. The number of halogens is 1. The minimum atomic E-state index is 0.444. The number of nitrogens with one attached hydrogen (secondary N) is 2. The van der Waals surface area contributed by atoms with Gasteiger partial charge in [-0.25, -0.2) is 4.68 Å². The fourth-order valence-electron chi connectivity index (χ4n) is 2.85. The third kappa shape index (κ3) is 5.74. The molecule has 3 aromatic rings. The van der Waals surface area contributed by atoms with Crippen LogP contribution >= 0.6 is 23.8 Å². The zero-order valence-corrected chi connectivity index (χ0v) is 18.1. The Labute approximate surface area is 180 Å². The van der Waals surface area contributed by atoms with Gasteiger partial charge in [-0.3, -0.25) is 5.10 Å². The van der Waals surface area contributed by atoms with Gasteiger partial charge in [0.1, 0.15) is 6.61 Å². The summed E-state index contributed by atoms with van der Waals surface area (Å²) in [7, 11) is 0. The Hall–Kier alpha value is -2.51. The summed E-state index contributed by atoms with van der Waals surface area (Å²) in [6.07, 6.45) is 1.84. The monoisotopic (exact) mass is 432 g/mol. The van der Waals surface area contributed by atoms with Crippen LogP contribution in [0.15, 0.2) is 42.5 Å². The van der Waals surface area contributed by atoms with Crippen molar-refractivity contribution in [3.05, 3.63) is 69.2 Å². The predicted octanol–water partition coefficient (Wildman–Crippen LogP) is 5.27. The first-order valence-electron chi connectivity index (χ1n) is 9.63. The lowest BCUT2D eigenvalue weighted by Gasteiger charge is -2.15. The second kappa shape index (κ2) is 10.3. The first-order chi connectivity index (χ1) is 14.1. The van der Waals surface area contributed by atoms with Crippen LogP contribution in [0.4, 0.5) is 0 Å². The molecule has 0 aliphatic carbocycles. The molecule has 0 saturated carbocycles. The number of aryl methyl sites for hydroxylation is 1. The van der Waals surface area contributed by atoms with Gasteiger partial charge in [-0.2, -0.15) is 5.10 Å². The molecule has 2 N–H and O–H groups in total. The number of benzene rings is 2. The van der Waals surface area contributed by atoms with Gasteiger partial charge in [-0.1, -0.05) is 36.7 Å². The second-order valence-corrected chi connectivity index (χ2v) is 7.32. The second-order valence-electron chi connectivity index (χ2n) is 6.49. The third-order valence-corrected chi connectivity index (χ3v) is 4.80. The molecule has 0 bridgehead atoms. The van der Waals surface area contributed by atoms with Gasteiger partial charge in [0.05, 0.1) is 13.2 Å². The van der Waals surface area contributed by atoms with E-state index >= 15 is 0 Å². The molecule has 0 saturated heterocycles. The average Bonchev–Trinajstić information content (AvgIpc) is 3.07. The molecule has 0 aliphatic rings. The molecular formula is C21H25ClN4O2S. The third-order valence-electron chi connectivity index (χ3n) is 4.27. The van der Waals surface area contributed by atoms with Crippen LogP contribution in [-0.2, 0) is 19.6 Å². The Balaban J connectivity index is 1.69. The van der Waals surface area contributed by atoms with Crippen molar-refractivity contribution < 1.29 is 9.47 Å². The highest BCUT2D eigenvalue weighted by Crippen LogP contribution is 2.29. The van der Waals surface area contributed by atoms with Crippen molar-refractivity contribution in [3.63, 3.8) is 0 Å². The maximum absolute atomic E-state index is 5.97. The summed E-state index contributed by atoms with van der Waals surface area (Å²) in [4.78, 5) is 0. The molecule has 1 aromatic heterocycles. The van der Waals surface area contributed by atoms with Gasteiger partial charge in [0, 0.05) is 11.4 Å². The van der Waals surface area contributed by atoms with Crippen LogP contribution in [0.2, 0.25) is 5.02 Å². The largest absolute Gasteiger partial charge is 0.490 e. The Morgan fingerprint density at radius 2 is 1.83 bits per heavy atom. The highest BCUT2D eigenvalue weighted by Gasteiger charge is 2.09. The van der Waals surface area contributed by atoms with Crippen molar-refractivity contribution >= 4 is 23.8 Å². The van der Waals surface area contributed by atoms with Crippen LogP contribution in [0, 0.1) is 4.77 Å². The summed E-state index contributed by atoms with van der Waals surface area (Å²) in [5.74, 6) is 2.31. The highest BCUT2D eigenvalue weighted by molar-refractivity contribution is 7.71. The Morgan fingerprint density at radius 1 is 1.07 bits per heavy atom. The zero-order chi connectivity index (χ0) is 20.6. The maximum atomic E-state index is 5.97. The molecule has 3 rings (SSSR count). The van der Waals surface area contributed by atoms with E-state index in [-0.39, 0.29) is 0 Å². The van der Waals surface area contributed by atoms with E-state index in [0.717, 1.165) is 29.8 Å². The number of nitrogens with zero attached hydrogens (tertiary/aromatic N) is 2. The summed E-state index contributed by atoms with van der Waals surface area (Å²) >= 11 is 11.2. The number of aromatic amines is 1. The van der Waals surface area contributed by atoms with Gasteiger partial charge in [-0.15, -0.1) is 0 Å². The lowest BCUT2D eigenvalue weighted by Crippen LogP contribution is -2.17. The molecule has 0 spiro atoms. The van der Waals surface area contributed by atoms with Crippen LogP contribution in [0.5, 0.6) is 11.5 Å². The number of hydrogen-bond acceptors (Lipinski definition) is 5. The molecule has 6 nitrogen and oxygen atoms in total. The van der Waals surface area contributed by atoms with Crippen molar-refractivity contribution in [2.45, 2.75) is 39.8 Å². The lowest BCUT2D eigenvalue weighted by atomic mass is 10.2. The Morgan fingerprint density at radius 3 is 2.55 bits per heavy atom. The normalized spacial score (nSPS) is 10.7. The number of ether oxygens (including phenoxy) is 2. The van der Waals surface area contributed by atoms with Gasteiger partial charge in [0.15, 0.2) is 17.3 Å². The van der Waals surface area contributed by atoms with Crippen LogP contribution in [-0.4, -0.2) is 21.5 Å². The number of aromatic nitrogens is 3. The highest BCUT2D eigenvalue weighted by atomic mass is 35.5. The first kappa shape index (κ1) is 21.2. The average molecular weight is 433 g/mol. The molecular weight excluding hydrogens is 408 g/mol. The zero-order valence-electron chi connectivity index (χ0n) is 16.6. The van der Waals surface area contributed by atoms with E-state index in [9.17, 15) is 0 Å². The molecule has 0 fully saturated rings. The standard InChI is InChI=1S/C21H25ClN4O2S/c1-3-5-20-24-25-21(29)26(20)23-13-16-8-11-18(19(12-16)27-4-2)28-14-15-6-9-17(22)10-7-15/h6-12,23H,3-5,13-14H2,1-2H3,(H,25,29).